The molecule has 1 aliphatic carbocycles. The number of pyridine rings is 1. The molecule has 2 aliphatic rings. The molecule has 1 aliphatic heterocycles. The number of halogens is 1. The summed E-state index contributed by atoms with van der Waals surface area (Å²) in [7, 11) is -0.440. The Hall–Kier alpha value is -1.20. The third-order valence-corrected chi connectivity index (χ3v) is 3.97. The molecule has 1 aromatic heterocycles. The second-order valence-corrected chi connectivity index (χ2v) is 5.79. The third kappa shape index (κ3) is 1.54. The highest BCUT2D eigenvalue weighted by molar-refractivity contribution is 6.62. The molecule has 2 heterocycles. The van der Waals surface area contributed by atoms with Crippen molar-refractivity contribution in [2.24, 2.45) is 0 Å². The number of fused-ring (bicyclic) bond motifs is 1. The van der Waals surface area contributed by atoms with Gasteiger partial charge in [0.2, 0.25) is 0 Å². The monoisotopic (exact) mass is 247 g/mol. The van der Waals surface area contributed by atoms with Gasteiger partial charge < -0.3 is 9.31 Å². The van der Waals surface area contributed by atoms with Crippen molar-refractivity contribution in [1.82, 2.24) is 4.98 Å². The maximum Gasteiger partial charge on any atom is 0.496 e. The van der Waals surface area contributed by atoms with Gasteiger partial charge in [-0.3, -0.25) is 4.98 Å². The van der Waals surface area contributed by atoms with E-state index in [-0.39, 0.29) is 17.0 Å². The van der Waals surface area contributed by atoms with Crippen molar-refractivity contribution < 1.29 is 13.7 Å². The van der Waals surface area contributed by atoms with Crippen molar-refractivity contribution in [1.29, 1.82) is 0 Å². The third-order valence-electron chi connectivity index (χ3n) is 3.97. The van der Waals surface area contributed by atoms with Gasteiger partial charge in [0, 0.05) is 17.2 Å². The fourth-order valence-corrected chi connectivity index (χ4v) is 2.04. The summed E-state index contributed by atoms with van der Waals surface area (Å²) in [5.74, 6) is -0.259. The molecule has 0 bridgehead atoms. The first kappa shape index (κ1) is 11.9. The van der Waals surface area contributed by atoms with E-state index in [9.17, 15) is 4.39 Å². The number of nitrogens with zero attached hydrogens (tertiary/aromatic N) is 1. The van der Waals surface area contributed by atoms with Crippen molar-refractivity contribution in [3.05, 3.63) is 23.5 Å². The van der Waals surface area contributed by atoms with Gasteiger partial charge in [-0.1, -0.05) is 6.07 Å². The summed E-state index contributed by atoms with van der Waals surface area (Å²) in [6, 6.07) is 1.87. The van der Waals surface area contributed by atoms with E-state index in [1.165, 1.54) is 6.08 Å². The molecule has 0 spiro atoms. The molecular weight excluding hydrogens is 232 g/mol. The van der Waals surface area contributed by atoms with Crippen LogP contribution in [0.3, 0.4) is 0 Å². The molecule has 3 nitrogen and oxygen atoms in total. The fraction of sp³-hybridized carbons (Fsp3) is 0.462. The highest BCUT2D eigenvalue weighted by Crippen LogP contribution is 2.37. The Balaban J connectivity index is 1.89. The lowest BCUT2D eigenvalue weighted by Gasteiger charge is -2.32. The Kier molecular flexibility index (Phi) is 2.26. The normalized spacial score (nSPS) is 23.4. The van der Waals surface area contributed by atoms with Gasteiger partial charge in [0.05, 0.1) is 11.2 Å². The van der Waals surface area contributed by atoms with E-state index in [1.807, 2.05) is 33.8 Å². The molecule has 18 heavy (non-hydrogen) atoms. The predicted molar refractivity (Wildman–Crippen MR) is 68.9 cm³/mol. The van der Waals surface area contributed by atoms with Crippen LogP contribution >= 0.6 is 0 Å². The molecule has 0 amide bonds. The highest BCUT2D eigenvalue weighted by Gasteiger charge is 2.52. The fourth-order valence-electron chi connectivity index (χ4n) is 2.04. The molecular formula is C13H15BFNO2. The highest BCUT2D eigenvalue weighted by atomic mass is 19.1. The van der Waals surface area contributed by atoms with Crippen LogP contribution in [0, 0.1) is 0 Å². The number of hydrogen-bond donors (Lipinski definition) is 0. The molecule has 1 saturated heterocycles. The van der Waals surface area contributed by atoms with Crippen LogP contribution in [0.5, 0.6) is 0 Å². The van der Waals surface area contributed by atoms with Crippen molar-refractivity contribution in [3.63, 3.8) is 0 Å². The topological polar surface area (TPSA) is 31.4 Å². The first-order valence-electron chi connectivity index (χ1n) is 6.03. The minimum atomic E-state index is -0.440. The van der Waals surface area contributed by atoms with Gasteiger partial charge in [0.15, 0.2) is 0 Å². The number of rotatable bonds is 1. The molecule has 1 fully saturated rings. The Morgan fingerprint density at radius 3 is 2.28 bits per heavy atom. The lowest BCUT2D eigenvalue weighted by molar-refractivity contribution is 0.00578. The van der Waals surface area contributed by atoms with Crippen LogP contribution in [0.4, 0.5) is 4.39 Å². The molecule has 0 atom stereocenters. The van der Waals surface area contributed by atoms with Crippen LogP contribution in [0.2, 0.25) is 0 Å². The lowest BCUT2D eigenvalue weighted by atomic mass is 9.78. The summed E-state index contributed by atoms with van der Waals surface area (Å²) in [5.41, 5.74) is 1.31. The maximum atomic E-state index is 13.0. The average molecular weight is 247 g/mol. The van der Waals surface area contributed by atoms with Crippen molar-refractivity contribution >= 4 is 24.5 Å². The van der Waals surface area contributed by atoms with Crippen LogP contribution < -0.4 is 5.46 Å². The second kappa shape index (κ2) is 3.42. The maximum absolute atomic E-state index is 13.0. The van der Waals surface area contributed by atoms with Crippen LogP contribution in [0.15, 0.2) is 12.3 Å². The van der Waals surface area contributed by atoms with Gasteiger partial charge in [-0.05, 0) is 33.8 Å². The second-order valence-electron chi connectivity index (χ2n) is 5.79. The zero-order valence-electron chi connectivity index (χ0n) is 11.0. The van der Waals surface area contributed by atoms with E-state index in [0.717, 1.165) is 11.0 Å². The Morgan fingerprint density at radius 1 is 1.17 bits per heavy atom. The zero-order valence-corrected chi connectivity index (χ0v) is 11.0. The van der Waals surface area contributed by atoms with E-state index >= 15 is 0 Å². The van der Waals surface area contributed by atoms with Crippen molar-refractivity contribution in [3.8, 4) is 0 Å². The quantitative estimate of drug-likeness (QED) is 0.712. The van der Waals surface area contributed by atoms with E-state index in [2.05, 4.69) is 4.98 Å². The Bertz CT molecular complexity index is 538. The van der Waals surface area contributed by atoms with Gasteiger partial charge in [-0.15, -0.1) is 0 Å². The molecule has 0 radical (unpaired) electrons. The molecule has 0 unspecified atom stereocenters. The van der Waals surface area contributed by atoms with Crippen LogP contribution in [-0.4, -0.2) is 23.3 Å². The molecule has 0 saturated carbocycles. The van der Waals surface area contributed by atoms with E-state index < -0.39 is 7.12 Å². The van der Waals surface area contributed by atoms with Gasteiger partial charge in [-0.2, -0.15) is 0 Å². The summed E-state index contributed by atoms with van der Waals surface area (Å²) in [6.45, 7) is 8.00. The van der Waals surface area contributed by atoms with E-state index in [1.54, 1.807) is 6.20 Å². The van der Waals surface area contributed by atoms with E-state index in [0.29, 0.717) is 5.69 Å². The van der Waals surface area contributed by atoms with Crippen LogP contribution in [0.25, 0.3) is 11.9 Å². The SMILES string of the molecule is CC1(C)OB(c2cnc3c(c2)C=C3F)OC1(C)C. The Labute approximate surface area is 106 Å². The smallest absolute Gasteiger partial charge is 0.399 e. The number of aromatic nitrogens is 1. The average Bonchev–Trinajstić information content (AvgIpc) is 2.46. The predicted octanol–water partition coefficient (Wildman–Crippen LogP) is 2.16. The molecule has 0 aromatic carbocycles. The largest absolute Gasteiger partial charge is 0.496 e. The first-order chi connectivity index (χ1) is 8.30. The van der Waals surface area contributed by atoms with Gasteiger partial charge >= 0.3 is 7.12 Å². The van der Waals surface area contributed by atoms with Gasteiger partial charge in [-0.25, -0.2) is 4.39 Å². The number of hydrogen-bond acceptors (Lipinski definition) is 3. The summed E-state index contributed by atoms with van der Waals surface area (Å²) in [4.78, 5) is 4.08. The first-order valence-corrected chi connectivity index (χ1v) is 6.03. The Morgan fingerprint density at radius 2 is 1.78 bits per heavy atom. The summed E-state index contributed by atoms with van der Waals surface area (Å²) >= 11 is 0. The molecule has 0 N–H and O–H groups in total. The van der Waals surface area contributed by atoms with E-state index in [4.69, 9.17) is 9.31 Å². The zero-order chi connectivity index (χ0) is 13.1. The standard InChI is InChI=1S/C13H15BFNO2/c1-12(2)13(3,4)18-14(17-12)9-5-8-6-10(15)11(8)16-7-9/h5-7H,1-4H3. The van der Waals surface area contributed by atoms with Crippen molar-refractivity contribution in [2.45, 2.75) is 38.9 Å². The van der Waals surface area contributed by atoms with Crippen LogP contribution in [0.1, 0.15) is 39.0 Å². The van der Waals surface area contributed by atoms with Crippen molar-refractivity contribution in [2.75, 3.05) is 0 Å². The minimum Gasteiger partial charge on any atom is -0.399 e. The lowest BCUT2D eigenvalue weighted by Crippen LogP contribution is -2.41. The van der Waals surface area contributed by atoms with Crippen LogP contribution in [-0.2, 0) is 9.31 Å². The minimum absolute atomic E-state index is 0.259. The molecule has 3 rings (SSSR count). The summed E-state index contributed by atoms with van der Waals surface area (Å²) in [5, 5.41) is 0. The van der Waals surface area contributed by atoms with Gasteiger partial charge in [0.1, 0.15) is 11.5 Å². The molecule has 94 valence electrons. The molecule has 5 heteroatoms. The summed E-state index contributed by atoms with van der Waals surface area (Å²) < 4.78 is 24.8. The van der Waals surface area contributed by atoms with Gasteiger partial charge in [0.25, 0.3) is 0 Å². The summed E-state index contributed by atoms with van der Waals surface area (Å²) in [6.07, 6.45) is 3.09. The molecule has 1 aromatic rings.